The molecular weight excluding hydrogens is 572 g/mol. The zero-order valence-electron chi connectivity index (χ0n) is 25.3. The minimum Gasteiger partial charge on any atom is -0.455 e. The van der Waals surface area contributed by atoms with Gasteiger partial charge in [0, 0.05) is 32.7 Å². The molecule has 0 fully saturated rings. The normalized spacial score (nSPS) is 11.8. The average molecular weight is 599 g/mol. The molecule has 0 saturated heterocycles. The van der Waals surface area contributed by atoms with Crippen molar-refractivity contribution >= 4 is 65.3 Å². The Bertz CT molecular complexity index is 2840. The van der Waals surface area contributed by atoms with Crippen molar-refractivity contribution in [1.29, 1.82) is 0 Å². The van der Waals surface area contributed by atoms with Gasteiger partial charge in [-0.2, -0.15) is 0 Å². The highest BCUT2D eigenvalue weighted by Gasteiger charge is 2.18. The summed E-state index contributed by atoms with van der Waals surface area (Å²) in [5.41, 5.74) is 9.74. The Kier molecular flexibility index (Phi) is 5.57. The molecular formula is C44H26N2O. The first kappa shape index (κ1) is 26.0. The summed E-state index contributed by atoms with van der Waals surface area (Å²) in [6.45, 7) is 0. The van der Waals surface area contributed by atoms with Gasteiger partial charge >= 0.3 is 0 Å². The monoisotopic (exact) mass is 598 g/mol. The van der Waals surface area contributed by atoms with E-state index in [-0.39, 0.29) is 0 Å². The molecule has 0 aliphatic rings. The molecule has 10 rings (SSSR count). The molecule has 10 aromatic rings. The Morgan fingerprint density at radius 1 is 0.362 bits per heavy atom. The van der Waals surface area contributed by atoms with E-state index in [9.17, 15) is 0 Å². The molecule has 0 atom stereocenters. The summed E-state index contributed by atoms with van der Waals surface area (Å²) in [7, 11) is 0. The standard InChI is InChI=1S/C44H26N2O/c1-3-11-27(12-4-1)42-43(28-13-5-2-6-14-28)46-38-26-30(21-24-37(38)45-42)29-19-22-32-31(25-29)20-23-36-40(32)33-15-7-8-16-34(33)41-35-17-9-10-18-39(35)47-44(36)41/h1-26H. The van der Waals surface area contributed by atoms with Crippen LogP contribution in [0.2, 0.25) is 0 Å². The minimum atomic E-state index is 0.873. The first-order chi connectivity index (χ1) is 23.3. The van der Waals surface area contributed by atoms with Gasteiger partial charge in [0.25, 0.3) is 0 Å². The van der Waals surface area contributed by atoms with Crippen molar-refractivity contribution in [1.82, 2.24) is 9.97 Å². The van der Waals surface area contributed by atoms with Crippen LogP contribution in [0.4, 0.5) is 0 Å². The van der Waals surface area contributed by atoms with Crippen molar-refractivity contribution < 1.29 is 4.42 Å². The number of fused-ring (bicyclic) bond motifs is 11. The van der Waals surface area contributed by atoms with Crippen LogP contribution in [0.15, 0.2) is 162 Å². The van der Waals surface area contributed by atoms with Crippen molar-refractivity contribution in [2.75, 3.05) is 0 Å². The number of para-hydroxylation sites is 1. The molecule has 47 heavy (non-hydrogen) atoms. The Labute approximate surface area is 270 Å². The SMILES string of the molecule is c1ccc(-c2nc3ccc(-c4ccc5c(ccc6c7oc8ccccc8c7c7ccccc7c56)c4)cc3nc2-c2ccccc2)cc1. The van der Waals surface area contributed by atoms with E-state index in [1.807, 2.05) is 42.5 Å². The van der Waals surface area contributed by atoms with Gasteiger partial charge in [-0.15, -0.1) is 0 Å². The summed E-state index contributed by atoms with van der Waals surface area (Å²) < 4.78 is 6.52. The third-order valence-corrected chi connectivity index (χ3v) is 9.42. The first-order valence-corrected chi connectivity index (χ1v) is 15.9. The van der Waals surface area contributed by atoms with E-state index in [1.54, 1.807) is 0 Å². The highest BCUT2D eigenvalue weighted by molar-refractivity contribution is 6.34. The molecule has 218 valence electrons. The number of benzene rings is 8. The molecule has 0 bridgehead atoms. The maximum absolute atomic E-state index is 6.52. The second-order valence-corrected chi connectivity index (χ2v) is 12.1. The van der Waals surface area contributed by atoms with Gasteiger partial charge in [-0.3, -0.25) is 0 Å². The van der Waals surface area contributed by atoms with Crippen LogP contribution in [-0.4, -0.2) is 9.97 Å². The predicted molar refractivity (Wildman–Crippen MR) is 196 cm³/mol. The number of furan rings is 1. The molecule has 0 unspecified atom stereocenters. The van der Waals surface area contributed by atoms with Gasteiger partial charge < -0.3 is 4.42 Å². The van der Waals surface area contributed by atoms with E-state index in [0.29, 0.717) is 0 Å². The number of aromatic nitrogens is 2. The van der Waals surface area contributed by atoms with Crippen molar-refractivity contribution in [3.8, 4) is 33.6 Å². The van der Waals surface area contributed by atoms with Crippen LogP contribution in [0.1, 0.15) is 0 Å². The van der Waals surface area contributed by atoms with Crippen LogP contribution >= 0.6 is 0 Å². The van der Waals surface area contributed by atoms with Gasteiger partial charge in [-0.25, -0.2) is 9.97 Å². The van der Waals surface area contributed by atoms with E-state index in [2.05, 4.69) is 115 Å². The topological polar surface area (TPSA) is 38.9 Å². The molecule has 3 nitrogen and oxygen atoms in total. The first-order valence-electron chi connectivity index (χ1n) is 15.9. The molecule has 3 heteroatoms. The molecule has 2 aromatic heterocycles. The van der Waals surface area contributed by atoms with E-state index in [1.165, 1.54) is 32.3 Å². The summed E-state index contributed by atoms with van der Waals surface area (Å²) in [4.78, 5) is 10.4. The lowest BCUT2D eigenvalue weighted by Crippen LogP contribution is -1.95. The number of rotatable bonds is 3. The van der Waals surface area contributed by atoms with Crippen molar-refractivity contribution in [2.24, 2.45) is 0 Å². The molecule has 8 aromatic carbocycles. The van der Waals surface area contributed by atoms with Crippen LogP contribution in [0.25, 0.3) is 98.9 Å². The average Bonchev–Trinajstić information content (AvgIpc) is 3.54. The molecule has 2 heterocycles. The lowest BCUT2D eigenvalue weighted by molar-refractivity contribution is 0.673. The lowest BCUT2D eigenvalue weighted by Gasteiger charge is -2.13. The number of hydrogen-bond acceptors (Lipinski definition) is 3. The second kappa shape index (κ2) is 10.1. The number of hydrogen-bond donors (Lipinski definition) is 0. The fourth-order valence-corrected chi connectivity index (χ4v) is 7.24. The third-order valence-electron chi connectivity index (χ3n) is 9.42. The smallest absolute Gasteiger partial charge is 0.143 e. The Morgan fingerprint density at radius 2 is 0.936 bits per heavy atom. The maximum atomic E-state index is 6.52. The van der Waals surface area contributed by atoms with Crippen LogP contribution < -0.4 is 0 Å². The molecule has 0 aliphatic heterocycles. The molecule has 0 N–H and O–H groups in total. The fourth-order valence-electron chi connectivity index (χ4n) is 7.24. The number of nitrogens with zero attached hydrogens (tertiary/aromatic N) is 2. The van der Waals surface area contributed by atoms with Gasteiger partial charge in [0.2, 0.25) is 0 Å². The highest BCUT2D eigenvalue weighted by atomic mass is 16.3. The van der Waals surface area contributed by atoms with E-state index in [4.69, 9.17) is 14.4 Å². The van der Waals surface area contributed by atoms with Gasteiger partial charge in [0.15, 0.2) is 0 Å². The van der Waals surface area contributed by atoms with Crippen molar-refractivity contribution in [3.05, 3.63) is 158 Å². The van der Waals surface area contributed by atoms with E-state index >= 15 is 0 Å². The van der Waals surface area contributed by atoms with E-state index in [0.717, 1.165) is 66.6 Å². The molecule has 0 saturated carbocycles. The quantitative estimate of drug-likeness (QED) is 0.190. The predicted octanol–water partition coefficient (Wildman–Crippen LogP) is 12.0. The second-order valence-electron chi connectivity index (χ2n) is 12.1. The highest BCUT2D eigenvalue weighted by Crippen LogP contribution is 2.43. The van der Waals surface area contributed by atoms with Crippen LogP contribution in [-0.2, 0) is 0 Å². The Balaban J connectivity index is 1.17. The summed E-state index contributed by atoms with van der Waals surface area (Å²) >= 11 is 0. The van der Waals surface area contributed by atoms with Crippen LogP contribution in [0, 0.1) is 0 Å². The molecule has 0 amide bonds. The maximum Gasteiger partial charge on any atom is 0.143 e. The molecule has 0 radical (unpaired) electrons. The van der Waals surface area contributed by atoms with Gasteiger partial charge in [-0.1, -0.05) is 127 Å². The summed E-state index contributed by atoms with van der Waals surface area (Å²) in [5.74, 6) is 0. The zero-order valence-corrected chi connectivity index (χ0v) is 25.3. The lowest BCUT2D eigenvalue weighted by atomic mass is 9.92. The van der Waals surface area contributed by atoms with Gasteiger partial charge in [0.1, 0.15) is 11.2 Å². The largest absolute Gasteiger partial charge is 0.455 e. The summed E-state index contributed by atoms with van der Waals surface area (Å²) in [5, 5.41) is 9.55. The van der Waals surface area contributed by atoms with Crippen LogP contribution in [0.5, 0.6) is 0 Å². The van der Waals surface area contributed by atoms with Crippen molar-refractivity contribution in [2.45, 2.75) is 0 Å². The summed E-state index contributed by atoms with van der Waals surface area (Å²) in [6, 6.07) is 55.3. The van der Waals surface area contributed by atoms with Crippen LogP contribution in [0.3, 0.4) is 0 Å². The minimum absolute atomic E-state index is 0.873. The Morgan fingerprint density at radius 3 is 1.68 bits per heavy atom. The third kappa shape index (κ3) is 4.00. The molecule has 0 spiro atoms. The van der Waals surface area contributed by atoms with Crippen molar-refractivity contribution in [3.63, 3.8) is 0 Å². The molecule has 0 aliphatic carbocycles. The zero-order chi connectivity index (χ0) is 30.9. The fraction of sp³-hybridized carbons (Fsp3) is 0. The van der Waals surface area contributed by atoms with Gasteiger partial charge in [-0.05, 0) is 63.0 Å². The van der Waals surface area contributed by atoms with E-state index < -0.39 is 0 Å². The van der Waals surface area contributed by atoms with Gasteiger partial charge in [0.05, 0.1) is 22.4 Å². The summed E-state index contributed by atoms with van der Waals surface area (Å²) in [6.07, 6.45) is 0. The Hall–Kier alpha value is -6.32.